The van der Waals surface area contributed by atoms with Crippen LogP contribution in [0.4, 0.5) is 10.1 Å². The number of fused-ring (bicyclic) bond motifs is 1. The van der Waals surface area contributed by atoms with E-state index in [9.17, 15) is 19.3 Å². The van der Waals surface area contributed by atoms with E-state index < -0.39 is 16.4 Å². The number of hydrogen-bond donors (Lipinski definition) is 1. The number of nitrogens with two attached hydrogens (primary N) is 1. The molecular weight excluding hydrogens is 277 g/mol. The molecule has 2 fully saturated rings. The predicted octanol–water partition coefficient (Wildman–Crippen LogP) is 1.54. The fourth-order valence-corrected chi connectivity index (χ4v) is 3.46. The highest BCUT2D eigenvalue weighted by molar-refractivity contribution is 5.95. The Hall–Kier alpha value is -2.02. The molecular formula is C14H16FN3O3. The first-order valence-electron chi connectivity index (χ1n) is 6.95. The fraction of sp³-hybridized carbons (Fsp3) is 0.500. The number of nitro benzene ring substituents is 1. The number of halogens is 1. The SMILES string of the molecule is NC1CCC2CN(C(=O)c3cc(F)cc([N+](=O)[O-])c3)CC12. The molecule has 1 aromatic carbocycles. The van der Waals surface area contributed by atoms with Crippen molar-refractivity contribution in [2.24, 2.45) is 17.6 Å². The Bertz CT molecular complexity index is 607. The lowest BCUT2D eigenvalue weighted by atomic mass is 9.98. The number of carbonyl (C=O) groups excluding carboxylic acids is 1. The summed E-state index contributed by atoms with van der Waals surface area (Å²) in [5.41, 5.74) is 5.64. The van der Waals surface area contributed by atoms with E-state index in [0.29, 0.717) is 19.0 Å². The zero-order valence-electron chi connectivity index (χ0n) is 11.4. The van der Waals surface area contributed by atoms with Gasteiger partial charge in [0.2, 0.25) is 0 Å². The number of likely N-dealkylation sites (tertiary alicyclic amines) is 1. The largest absolute Gasteiger partial charge is 0.338 e. The molecule has 0 bridgehead atoms. The predicted molar refractivity (Wildman–Crippen MR) is 73.1 cm³/mol. The summed E-state index contributed by atoms with van der Waals surface area (Å²) in [4.78, 5) is 24.1. The molecule has 2 N–H and O–H groups in total. The van der Waals surface area contributed by atoms with Crippen LogP contribution in [0.25, 0.3) is 0 Å². The van der Waals surface area contributed by atoms with E-state index in [2.05, 4.69) is 0 Å². The van der Waals surface area contributed by atoms with Crippen molar-refractivity contribution in [3.63, 3.8) is 0 Å². The Morgan fingerprint density at radius 2 is 2.10 bits per heavy atom. The van der Waals surface area contributed by atoms with Crippen LogP contribution in [0, 0.1) is 27.8 Å². The molecule has 1 aliphatic carbocycles. The Kier molecular flexibility index (Phi) is 3.36. The van der Waals surface area contributed by atoms with Gasteiger partial charge in [-0.25, -0.2) is 4.39 Å². The second kappa shape index (κ2) is 5.07. The number of hydrogen-bond acceptors (Lipinski definition) is 4. The third kappa shape index (κ3) is 2.49. The van der Waals surface area contributed by atoms with Crippen LogP contribution in [-0.4, -0.2) is 34.9 Å². The lowest BCUT2D eigenvalue weighted by molar-refractivity contribution is -0.385. The number of rotatable bonds is 2. The van der Waals surface area contributed by atoms with Crippen molar-refractivity contribution in [1.82, 2.24) is 4.90 Å². The number of benzene rings is 1. The standard InChI is InChI=1S/C14H16FN3O3/c15-10-3-9(4-11(5-10)18(20)21)14(19)17-6-8-1-2-13(16)12(8)7-17/h3-5,8,12-13H,1-2,6-7,16H2. The van der Waals surface area contributed by atoms with Crippen molar-refractivity contribution < 1.29 is 14.1 Å². The van der Waals surface area contributed by atoms with Gasteiger partial charge in [0, 0.05) is 30.8 Å². The molecule has 1 saturated heterocycles. The van der Waals surface area contributed by atoms with E-state index in [4.69, 9.17) is 5.73 Å². The molecule has 112 valence electrons. The summed E-state index contributed by atoms with van der Waals surface area (Å²) in [5.74, 6) is -0.451. The summed E-state index contributed by atoms with van der Waals surface area (Å²) in [6.45, 7) is 1.15. The number of nitrogens with zero attached hydrogens (tertiary/aromatic N) is 2. The van der Waals surface area contributed by atoms with Gasteiger partial charge in [-0.05, 0) is 30.7 Å². The number of amides is 1. The van der Waals surface area contributed by atoms with Gasteiger partial charge in [0.25, 0.3) is 11.6 Å². The molecule has 1 saturated carbocycles. The Morgan fingerprint density at radius 3 is 2.76 bits per heavy atom. The highest BCUT2D eigenvalue weighted by Crippen LogP contribution is 2.37. The molecule has 2 aliphatic rings. The van der Waals surface area contributed by atoms with Gasteiger partial charge in [0.15, 0.2) is 0 Å². The second-order valence-corrected chi connectivity index (χ2v) is 5.83. The summed E-state index contributed by atoms with van der Waals surface area (Å²) in [7, 11) is 0. The lowest BCUT2D eigenvalue weighted by Gasteiger charge is -2.18. The fourth-order valence-electron chi connectivity index (χ4n) is 3.46. The third-order valence-corrected chi connectivity index (χ3v) is 4.54. The van der Waals surface area contributed by atoms with E-state index >= 15 is 0 Å². The molecule has 1 heterocycles. The lowest BCUT2D eigenvalue weighted by Crippen LogP contribution is -2.33. The summed E-state index contributed by atoms with van der Waals surface area (Å²) in [6, 6.07) is 3.09. The summed E-state index contributed by atoms with van der Waals surface area (Å²) < 4.78 is 13.4. The van der Waals surface area contributed by atoms with Gasteiger partial charge in [-0.15, -0.1) is 0 Å². The average molecular weight is 293 g/mol. The summed E-state index contributed by atoms with van der Waals surface area (Å²) in [5, 5.41) is 10.7. The Balaban J connectivity index is 1.82. The van der Waals surface area contributed by atoms with E-state index in [1.807, 2.05) is 0 Å². The third-order valence-electron chi connectivity index (χ3n) is 4.54. The van der Waals surface area contributed by atoms with Gasteiger partial charge in [0.05, 0.1) is 11.0 Å². The van der Waals surface area contributed by atoms with Crippen LogP contribution in [0.5, 0.6) is 0 Å². The van der Waals surface area contributed by atoms with E-state index in [-0.39, 0.29) is 23.4 Å². The van der Waals surface area contributed by atoms with Crippen LogP contribution in [0.3, 0.4) is 0 Å². The first-order chi connectivity index (χ1) is 9.95. The molecule has 3 rings (SSSR count). The molecule has 3 atom stereocenters. The highest BCUT2D eigenvalue weighted by Gasteiger charge is 2.42. The molecule has 0 spiro atoms. The van der Waals surface area contributed by atoms with E-state index in [0.717, 1.165) is 31.0 Å². The zero-order chi connectivity index (χ0) is 15.1. The molecule has 3 unspecified atom stereocenters. The minimum Gasteiger partial charge on any atom is -0.338 e. The highest BCUT2D eigenvalue weighted by atomic mass is 19.1. The normalized spacial score (nSPS) is 27.7. The number of carbonyl (C=O) groups is 1. The molecule has 21 heavy (non-hydrogen) atoms. The number of nitro groups is 1. The molecule has 1 amide bonds. The molecule has 0 radical (unpaired) electrons. The van der Waals surface area contributed by atoms with Crippen LogP contribution in [0.15, 0.2) is 18.2 Å². The Morgan fingerprint density at radius 1 is 1.33 bits per heavy atom. The molecule has 7 heteroatoms. The Labute approximate surface area is 120 Å². The van der Waals surface area contributed by atoms with Crippen molar-refractivity contribution >= 4 is 11.6 Å². The van der Waals surface area contributed by atoms with Crippen LogP contribution in [0.2, 0.25) is 0 Å². The van der Waals surface area contributed by atoms with Crippen LogP contribution in [0.1, 0.15) is 23.2 Å². The minimum absolute atomic E-state index is 0.0234. The van der Waals surface area contributed by atoms with Crippen LogP contribution < -0.4 is 5.73 Å². The maximum atomic E-state index is 13.4. The van der Waals surface area contributed by atoms with Crippen LogP contribution in [-0.2, 0) is 0 Å². The maximum Gasteiger partial charge on any atom is 0.273 e. The van der Waals surface area contributed by atoms with Crippen LogP contribution >= 0.6 is 0 Å². The van der Waals surface area contributed by atoms with Gasteiger partial charge >= 0.3 is 0 Å². The van der Waals surface area contributed by atoms with Gasteiger partial charge in [-0.1, -0.05) is 0 Å². The molecule has 1 aromatic rings. The average Bonchev–Trinajstić information content (AvgIpc) is 3.00. The zero-order valence-corrected chi connectivity index (χ0v) is 11.4. The number of non-ortho nitro benzene ring substituents is 1. The smallest absolute Gasteiger partial charge is 0.273 e. The summed E-state index contributed by atoms with van der Waals surface area (Å²) in [6.07, 6.45) is 1.97. The van der Waals surface area contributed by atoms with Crippen molar-refractivity contribution in [3.05, 3.63) is 39.7 Å². The van der Waals surface area contributed by atoms with E-state index in [1.54, 1.807) is 4.90 Å². The van der Waals surface area contributed by atoms with Gasteiger partial charge in [-0.3, -0.25) is 14.9 Å². The van der Waals surface area contributed by atoms with Gasteiger partial charge in [0.1, 0.15) is 5.82 Å². The van der Waals surface area contributed by atoms with Gasteiger partial charge < -0.3 is 10.6 Å². The minimum atomic E-state index is -0.774. The molecule has 0 aromatic heterocycles. The maximum absolute atomic E-state index is 13.4. The van der Waals surface area contributed by atoms with Crippen molar-refractivity contribution in [2.45, 2.75) is 18.9 Å². The summed E-state index contributed by atoms with van der Waals surface area (Å²) >= 11 is 0. The van der Waals surface area contributed by atoms with E-state index in [1.165, 1.54) is 0 Å². The first-order valence-corrected chi connectivity index (χ1v) is 6.95. The quantitative estimate of drug-likeness (QED) is 0.661. The monoisotopic (exact) mass is 293 g/mol. The molecule has 6 nitrogen and oxygen atoms in total. The van der Waals surface area contributed by atoms with Gasteiger partial charge in [-0.2, -0.15) is 0 Å². The van der Waals surface area contributed by atoms with Crippen molar-refractivity contribution in [3.8, 4) is 0 Å². The van der Waals surface area contributed by atoms with Crippen molar-refractivity contribution in [2.75, 3.05) is 13.1 Å². The van der Waals surface area contributed by atoms with Crippen molar-refractivity contribution in [1.29, 1.82) is 0 Å². The molecule has 1 aliphatic heterocycles. The second-order valence-electron chi connectivity index (χ2n) is 5.83. The topological polar surface area (TPSA) is 89.5 Å². The first kappa shape index (κ1) is 13.9.